The number of nitrogens with one attached hydrogen (secondary N) is 1. The van der Waals surface area contributed by atoms with E-state index in [9.17, 15) is 9.18 Å². The zero-order chi connectivity index (χ0) is 21.9. The minimum Gasteiger partial charge on any atom is -0.490 e. The molecule has 0 radical (unpaired) electrons. The molecule has 1 aliphatic heterocycles. The average Bonchev–Trinajstić information content (AvgIpc) is 3.47. The fraction of sp³-hybridized carbons (Fsp3) is 0.273. The summed E-state index contributed by atoms with van der Waals surface area (Å²) in [5, 5.41) is 7.30. The highest BCUT2D eigenvalue weighted by Gasteiger charge is 2.29. The molecule has 1 saturated heterocycles. The van der Waals surface area contributed by atoms with E-state index in [1.165, 1.54) is 6.07 Å². The van der Waals surface area contributed by atoms with Crippen LogP contribution in [0.5, 0.6) is 5.75 Å². The summed E-state index contributed by atoms with van der Waals surface area (Å²) in [6.45, 7) is 1.56. The summed E-state index contributed by atoms with van der Waals surface area (Å²) in [7, 11) is 0. The number of para-hydroxylation sites is 1. The van der Waals surface area contributed by atoms with Crippen LogP contribution in [0.2, 0.25) is 0 Å². The molecule has 0 aliphatic carbocycles. The Kier molecular flexibility index (Phi) is 5.51. The Morgan fingerprint density at radius 1 is 1.31 bits per heavy atom. The number of ether oxygens (including phenoxy) is 2. The number of aromatic amines is 1. The van der Waals surface area contributed by atoms with Gasteiger partial charge in [0.25, 0.3) is 5.91 Å². The number of carbonyl (C=O) groups is 1. The molecule has 0 bridgehead atoms. The first-order valence-electron chi connectivity index (χ1n) is 10.3. The predicted octanol–water partition coefficient (Wildman–Crippen LogP) is 2.43. The lowest BCUT2D eigenvalue weighted by Crippen LogP contribution is -2.42. The number of hydrogen-bond donors (Lipinski definition) is 1. The molecule has 1 amide bonds. The van der Waals surface area contributed by atoms with Crippen molar-refractivity contribution >= 4 is 11.7 Å². The van der Waals surface area contributed by atoms with Gasteiger partial charge in [-0.05, 0) is 24.3 Å². The van der Waals surface area contributed by atoms with E-state index in [4.69, 9.17) is 9.47 Å². The Bertz CT molecular complexity index is 1210. The zero-order valence-electron chi connectivity index (χ0n) is 17.1. The Morgan fingerprint density at radius 3 is 3.09 bits per heavy atom. The molecule has 4 heterocycles. The molecule has 164 valence electrons. The van der Waals surface area contributed by atoms with Crippen molar-refractivity contribution in [2.75, 3.05) is 26.3 Å². The molecule has 3 aromatic heterocycles. The van der Waals surface area contributed by atoms with Gasteiger partial charge in [0.1, 0.15) is 11.8 Å². The highest BCUT2D eigenvalue weighted by molar-refractivity contribution is 5.92. The summed E-state index contributed by atoms with van der Waals surface area (Å²) < 4.78 is 26.7. The normalized spacial score (nSPS) is 16.4. The third-order valence-corrected chi connectivity index (χ3v) is 5.25. The number of benzene rings is 1. The van der Waals surface area contributed by atoms with Crippen molar-refractivity contribution in [2.24, 2.45) is 0 Å². The summed E-state index contributed by atoms with van der Waals surface area (Å²) in [6, 6.07) is 9.97. The number of imidazole rings is 1. The second kappa shape index (κ2) is 8.75. The van der Waals surface area contributed by atoms with Gasteiger partial charge >= 0.3 is 0 Å². The number of amides is 1. The van der Waals surface area contributed by atoms with E-state index < -0.39 is 0 Å². The summed E-state index contributed by atoms with van der Waals surface area (Å²) in [6.07, 6.45) is 5.30. The van der Waals surface area contributed by atoms with Gasteiger partial charge in [-0.25, -0.2) is 14.4 Å². The van der Waals surface area contributed by atoms with Crippen LogP contribution in [0.25, 0.3) is 5.78 Å². The lowest BCUT2D eigenvalue weighted by Gasteiger charge is -2.31. The van der Waals surface area contributed by atoms with Crippen molar-refractivity contribution < 1.29 is 18.7 Å². The van der Waals surface area contributed by atoms with Crippen molar-refractivity contribution in [3.05, 3.63) is 77.9 Å². The lowest BCUT2D eigenvalue weighted by atomic mass is 10.1. The van der Waals surface area contributed by atoms with Gasteiger partial charge in [0, 0.05) is 37.3 Å². The molecule has 1 atom stereocenters. The standard InChI is InChI=1S/C22H21FN6O3/c23-16-4-1-2-5-19(16)31-10-6-15-12-17(27-26-15)20-14-28(9-11-32-20)21(30)18-13-29-8-3-7-24-22(29)25-18/h1-5,7-8,12-13,20H,6,9-11,14H2,(H,26,27)/t20-/m1/s1. The third kappa shape index (κ3) is 4.17. The van der Waals surface area contributed by atoms with Gasteiger partial charge in [-0.15, -0.1) is 0 Å². The maximum Gasteiger partial charge on any atom is 0.274 e. The summed E-state index contributed by atoms with van der Waals surface area (Å²) in [5.41, 5.74) is 1.90. The molecule has 9 nitrogen and oxygen atoms in total. The van der Waals surface area contributed by atoms with Crippen LogP contribution in [0.1, 0.15) is 28.0 Å². The Hall–Kier alpha value is -3.79. The first-order chi connectivity index (χ1) is 15.7. The van der Waals surface area contributed by atoms with Crippen molar-refractivity contribution in [1.29, 1.82) is 0 Å². The quantitative estimate of drug-likeness (QED) is 0.499. The number of fused-ring (bicyclic) bond motifs is 1. The van der Waals surface area contributed by atoms with Gasteiger partial charge in [-0.1, -0.05) is 12.1 Å². The van der Waals surface area contributed by atoms with E-state index in [-0.39, 0.29) is 23.6 Å². The van der Waals surface area contributed by atoms with E-state index in [0.717, 1.165) is 5.69 Å². The Labute approximate surface area is 182 Å². The fourth-order valence-electron chi connectivity index (χ4n) is 3.61. The second-order valence-electron chi connectivity index (χ2n) is 7.41. The molecule has 10 heteroatoms. The number of aromatic nitrogens is 5. The molecule has 5 rings (SSSR count). The Morgan fingerprint density at radius 2 is 2.22 bits per heavy atom. The number of H-pyrrole nitrogens is 1. The van der Waals surface area contributed by atoms with Gasteiger partial charge < -0.3 is 14.4 Å². The van der Waals surface area contributed by atoms with Crippen molar-refractivity contribution in [3.63, 3.8) is 0 Å². The van der Waals surface area contributed by atoms with Gasteiger partial charge in [0.05, 0.1) is 25.5 Å². The number of halogens is 1. The average molecular weight is 436 g/mol. The van der Waals surface area contributed by atoms with E-state index in [0.29, 0.717) is 49.9 Å². The number of rotatable bonds is 6. The summed E-state index contributed by atoms with van der Waals surface area (Å²) in [5.74, 6) is 0.145. The summed E-state index contributed by atoms with van der Waals surface area (Å²) >= 11 is 0. The summed E-state index contributed by atoms with van der Waals surface area (Å²) in [4.78, 5) is 23.1. The molecule has 1 N–H and O–H groups in total. The molecule has 32 heavy (non-hydrogen) atoms. The number of nitrogens with zero attached hydrogens (tertiary/aromatic N) is 5. The van der Waals surface area contributed by atoms with Crippen molar-refractivity contribution in [1.82, 2.24) is 29.5 Å². The molecular weight excluding hydrogens is 415 g/mol. The molecular formula is C22H21FN6O3. The van der Waals surface area contributed by atoms with Crippen molar-refractivity contribution in [3.8, 4) is 5.75 Å². The van der Waals surface area contributed by atoms with Crippen LogP contribution in [-0.2, 0) is 11.2 Å². The molecule has 4 aromatic rings. The van der Waals surface area contributed by atoms with Crippen LogP contribution in [0.15, 0.2) is 55.0 Å². The maximum absolute atomic E-state index is 13.6. The molecule has 0 spiro atoms. The second-order valence-corrected chi connectivity index (χ2v) is 7.41. The molecule has 0 saturated carbocycles. The first kappa shape index (κ1) is 20.1. The zero-order valence-corrected chi connectivity index (χ0v) is 17.1. The minimum absolute atomic E-state index is 0.169. The number of carbonyl (C=O) groups excluding carboxylic acids is 1. The Balaban J connectivity index is 1.20. The smallest absolute Gasteiger partial charge is 0.274 e. The van der Waals surface area contributed by atoms with Crippen LogP contribution >= 0.6 is 0 Å². The molecule has 1 fully saturated rings. The first-order valence-corrected chi connectivity index (χ1v) is 10.3. The minimum atomic E-state index is -0.389. The molecule has 1 aromatic carbocycles. The van der Waals surface area contributed by atoms with Gasteiger partial charge in [0.15, 0.2) is 11.6 Å². The van der Waals surface area contributed by atoms with Crippen LogP contribution in [-0.4, -0.2) is 61.7 Å². The topological polar surface area (TPSA) is 97.6 Å². The van der Waals surface area contributed by atoms with E-state index in [1.807, 2.05) is 6.07 Å². The van der Waals surface area contributed by atoms with E-state index in [2.05, 4.69) is 20.2 Å². The maximum atomic E-state index is 13.6. The third-order valence-electron chi connectivity index (χ3n) is 5.25. The van der Waals surface area contributed by atoms with E-state index >= 15 is 0 Å². The SMILES string of the molecule is O=C(c1cn2cccnc2n1)N1CCO[C@@H](c2cc(CCOc3ccccc3F)[nH]n2)C1. The van der Waals surface area contributed by atoms with Gasteiger partial charge in [0.2, 0.25) is 5.78 Å². The van der Waals surface area contributed by atoms with Crippen LogP contribution in [0, 0.1) is 5.82 Å². The highest BCUT2D eigenvalue weighted by atomic mass is 19.1. The lowest BCUT2D eigenvalue weighted by molar-refractivity contribution is -0.0249. The van der Waals surface area contributed by atoms with Gasteiger partial charge in [-0.2, -0.15) is 5.10 Å². The monoisotopic (exact) mass is 436 g/mol. The van der Waals surface area contributed by atoms with Crippen LogP contribution in [0.4, 0.5) is 4.39 Å². The number of hydrogen-bond acceptors (Lipinski definition) is 6. The fourth-order valence-corrected chi connectivity index (χ4v) is 3.61. The van der Waals surface area contributed by atoms with Crippen LogP contribution < -0.4 is 4.74 Å². The number of morpholine rings is 1. The van der Waals surface area contributed by atoms with E-state index in [1.54, 1.807) is 52.2 Å². The predicted molar refractivity (Wildman–Crippen MR) is 112 cm³/mol. The van der Waals surface area contributed by atoms with Crippen LogP contribution in [0.3, 0.4) is 0 Å². The van der Waals surface area contributed by atoms with Crippen molar-refractivity contribution in [2.45, 2.75) is 12.5 Å². The largest absolute Gasteiger partial charge is 0.490 e. The van der Waals surface area contributed by atoms with Gasteiger partial charge in [-0.3, -0.25) is 14.3 Å². The molecule has 0 unspecified atom stereocenters. The highest BCUT2D eigenvalue weighted by Crippen LogP contribution is 2.23. The molecule has 1 aliphatic rings.